The first-order valence-corrected chi connectivity index (χ1v) is 7.28. The number of rotatable bonds is 3. The van der Waals surface area contributed by atoms with Crippen molar-refractivity contribution < 1.29 is 4.79 Å². The maximum absolute atomic E-state index is 12.0. The smallest absolute Gasteiger partial charge is 0.275 e. The van der Waals surface area contributed by atoms with Gasteiger partial charge in [-0.3, -0.25) is 4.79 Å². The van der Waals surface area contributed by atoms with E-state index < -0.39 is 0 Å². The van der Waals surface area contributed by atoms with Gasteiger partial charge in [0.15, 0.2) is 0 Å². The zero-order valence-corrected chi connectivity index (χ0v) is 12.1. The van der Waals surface area contributed by atoms with E-state index in [9.17, 15) is 4.79 Å². The van der Waals surface area contributed by atoms with Crippen LogP contribution in [0.2, 0.25) is 0 Å². The lowest BCUT2D eigenvalue weighted by molar-refractivity contribution is 0.102. The molecule has 0 atom stereocenters. The summed E-state index contributed by atoms with van der Waals surface area (Å²) in [4.78, 5) is 17.2. The minimum absolute atomic E-state index is 0.223. The van der Waals surface area contributed by atoms with Crippen LogP contribution in [0.4, 0.5) is 5.69 Å². The number of pyridine rings is 1. The molecule has 0 fully saturated rings. The molecular formula is C13H11BrN2OS. The Morgan fingerprint density at radius 3 is 2.61 bits per heavy atom. The van der Waals surface area contributed by atoms with Gasteiger partial charge in [0, 0.05) is 21.3 Å². The highest BCUT2D eigenvalue weighted by atomic mass is 79.9. The van der Waals surface area contributed by atoms with Gasteiger partial charge in [-0.05, 0) is 58.6 Å². The SMILES string of the molecule is CSc1ccc(NC(=O)c2ncccc2Br)cc1. The van der Waals surface area contributed by atoms with Crippen LogP contribution in [0, 0.1) is 0 Å². The first kappa shape index (κ1) is 13.1. The number of nitrogens with one attached hydrogen (secondary N) is 1. The fourth-order valence-electron chi connectivity index (χ4n) is 1.42. The molecule has 2 aromatic rings. The first-order valence-electron chi connectivity index (χ1n) is 5.26. The summed E-state index contributed by atoms with van der Waals surface area (Å²) >= 11 is 4.97. The molecule has 0 aliphatic rings. The summed E-state index contributed by atoms with van der Waals surface area (Å²) < 4.78 is 0.684. The Bertz CT molecular complexity index is 557. The van der Waals surface area contributed by atoms with Crippen molar-refractivity contribution in [3.8, 4) is 0 Å². The number of carbonyl (C=O) groups excluding carboxylic acids is 1. The Kier molecular flexibility index (Phi) is 4.38. The normalized spacial score (nSPS) is 10.1. The number of amides is 1. The highest BCUT2D eigenvalue weighted by Crippen LogP contribution is 2.19. The van der Waals surface area contributed by atoms with Gasteiger partial charge in [-0.15, -0.1) is 11.8 Å². The van der Waals surface area contributed by atoms with Gasteiger partial charge in [0.05, 0.1) is 0 Å². The molecule has 0 aliphatic carbocycles. The van der Waals surface area contributed by atoms with Crippen LogP contribution >= 0.6 is 27.7 Å². The molecule has 18 heavy (non-hydrogen) atoms. The average Bonchev–Trinajstić information content (AvgIpc) is 2.40. The van der Waals surface area contributed by atoms with E-state index in [1.165, 1.54) is 0 Å². The Morgan fingerprint density at radius 2 is 2.00 bits per heavy atom. The topological polar surface area (TPSA) is 42.0 Å². The lowest BCUT2D eigenvalue weighted by Crippen LogP contribution is -2.14. The summed E-state index contributed by atoms with van der Waals surface area (Å²) in [6, 6.07) is 11.2. The third-order valence-electron chi connectivity index (χ3n) is 2.32. The van der Waals surface area contributed by atoms with Gasteiger partial charge in [-0.2, -0.15) is 0 Å². The number of nitrogens with zero attached hydrogens (tertiary/aromatic N) is 1. The molecule has 1 aromatic heterocycles. The van der Waals surface area contributed by atoms with Crippen LogP contribution in [0.3, 0.4) is 0 Å². The van der Waals surface area contributed by atoms with E-state index in [2.05, 4.69) is 26.2 Å². The van der Waals surface area contributed by atoms with Crippen molar-refractivity contribution in [2.45, 2.75) is 4.90 Å². The standard InChI is InChI=1S/C13H11BrN2OS/c1-18-10-6-4-9(5-7-10)16-13(17)12-11(14)3-2-8-15-12/h2-8H,1H3,(H,16,17). The number of benzene rings is 1. The van der Waals surface area contributed by atoms with E-state index in [0.29, 0.717) is 10.2 Å². The number of carbonyl (C=O) groups is 1. The number of aromatic nitrogens is 1. The molecule has 0 saturated carbocycles. The Morgan fingerprint density at radius 1 is 1.28 bits per heavy atom. The molecule has 3 nitrogen and oxygen atoms in total. The van der Waals surface area contributed by atoms with E-state index >= 15 is 0 Å². The highest BCUT2D eigenvalue weighted by Gasteiger charge is 2.10. The van der Waals surface area contributed by atoms with Crippen molar-refractivity contribution in [2.24, 2.45) is 0 Å². The van der Waals surface area contributed by atoms with E-state index in [1.54, 1.807) is 30.1 Å². The predicted octanol–water partition coefficient (Wildman–Crippen LogP) is 3.82. The van der Waals surface area contributed by atoms with Crippen LogP contribution in [-0.4, -0.2) is 17.1 Å². The second-order valence-corrected chi connectivity index (χ2v) is 5.25. The lowest BCUT2D eigenvalue weighted by Gasteiger charge is -2.06. The number of hydrogen-bond acceptors (Lipinski definition) is 3. The van der Waals surface area contributed by atoms with Gasteiger partial charge >= 0.3 is 0 Å². The molecule has 1 N–H and O–H groups in total. The molecular weight excluding hydrogens is 312 g/mol. The number of anilines is 1. The molecule has 1 heterocycles. The summed E-state index contributed by atoms with van der Waals surface area (Å²) in [7, 11) is 0. The molecule has 5 heteroatoms. The van der Waals surface area contributed by atoms with Crippen molar-refractivity contribution >= 4 is 39.3 Å². The van der Waals surface area contributed by atoms with E-state index in [-0.39, 0.29) is 5.91 Å². The van der Waals surface area contributed by atoms with Gasteiger partial charge in [0.25, 0.3) is 5.91 Å². The molecule has 1 aromatic carbocycles. The summed E-state index contributed by atoms with van der Waals surface area (Å²) in [5.74, 6) is -0.223. The maximum Gasteiger partial charge on any atom is 0.275 e. The summed E-state index contributed by atoms with van der Waals surface area (Å²) in [5.41, 5.74) is 1.14. The van der Waals surface area contributed by atoms with Crippen LogP contribution in [0.1, 0.15) is 10.5 Å². The van der Waals surface area contributed by atoms with Crippen LogP contribution in [0.5, 0.6) is 0 Å². The Hall–Kier alpha value is -1.33. The lowest BCUT2D eigenvalue weighted by atomic mass is 10.3. The number of thioether (sulfide) groups is 1. The molecule has 0 radical (unpaired) electrons. The highest BCUT2D eigenvalue weighted by molar-refractivity contribution is 9.10. The largest absolute Gasteiger partial charge is 0.321 e. The third kappa shape index (κ3) is 3.11. The molecule has 0 unspecified atom stereocenters. The van der Waals surface area contributed by atoms with Gasteiger partial charge < -0.3 is 5.32 Å². The van der Waals surface area contributed by atoms with E-state index in [1.807, 2.05) is 30.5 Å². The maximum atomic E-state index is 12.0. The zero-order chi connectivity index (χ0) is 13.0. The van der Waals surface area contributed by atoms with Crippen LogP contribution in [0.25, 0.3) is 0 Å². The second kappa shape index (κ2) is 6.02. The van der Waals surface area contributed by atoms with Gasteiger partial charge in [-0.25, -0.2) is 4.98 Å². The van der Waals surface area contributed by atoms with Crippen molar-refractivity contribution in [3.63, 3.8) is 0 Å². The van der Waals surface area contributed by atoms with Crippen molar-refractivity contribution in [2.75, 3.05) is 11.6 Å². The second-order valence-electron chi connectivity index (χ2n) is 3.52. The average molecular weight is 323 g/mol. The minimum Gasteiger partial charge on any atom is -0.321 e. The summed E-state index contributed by atoms with van der Waals surface area (Å²) in [5, 5.41) is 2.81. The summed E-state index contributed by atoms with van der Waals surface area (Å²) in [6.45, 7) is 0. The van der Waals surface area contributed by atoms with Gasteiger partial charge in [0.1, 0.15) is 5.69 Å². The number of halogens is 1. The van der Waals surface area contributed by atoms with E-state index in [4.69, 9.17) is 0 Å². The van der Waals surface area contributed by atoms with Gasteiger partial charge in [-0.1, -0.05) is 0 Å². The fraction of sp³-hybridized carbons (Fsp3) is 0.0769. The molecule has 92 valence electrons. The van der Waals surface area contributed by atoms with Crippen LogP contribution in [0.15, 0.2) is 52.0 Å². The van der Waals surface area contributed by atoms with Crippen LogP contribution in [-0.2, 0) is 0 Å². The molecule has 2 rings (SSSR count). The van der Waals surface area contributed by atoms with Crippen molar-refractivity contribution in [1.82, 2.24) is 4.98 Å². The molecule has 0 spiro atoms. The fourth-order valence-corrected chi connectivity index (χ4v) is 2.26. The summed E-state index contributed by atoms with van der Waals surface area (Å²) in [6.07, 6.45) is 3.61. The van der Waals surface area contributed by atoms with E-state index in [0.717, 1.165) is 10.6 Å². The van der Waals surface area contributed by atoms with Crippen molar-refractivity contribution in [1.29, 1.82) is 0 Å². The zero-order valence-electron chi connectivity index (χ0n) is 9.68. The van der Waals surface area contributed by atoms with Crippen LogP contribution < -0.4 is 5.32 Å². The molecule has 1 amide bonds. The minimum atomic E-state index is -0.223. The Balaban J connectivity index is 2.14. The first-order chi connectivity index (χ1) is 8.70. The molecule has 0 saturated heterocycles. The molecule has 0 aliphatic heterocycles. The Labute approximate surface area is 118 Å². The quantitative estimate of drug-likeness (QED) is 0.873. The van der Waals surface area contributed by atoms with Crippen molar-refractivity contribution in [3.05, 3.63) is 52.8 Å². The monoisotopic (exact) mass is 322 g/mol. The predicted molar refractivity (Wildman–Crippen MR) is 78.1 cm³/mol. The number of hydrogen-bond donors (Lipinski definition) is 1. The molecule has 0 bridgehead atoms. The van der Waals surface area contributed by atoms with Gasteiger partial charge in [0.2, 0.25) is 0 Å². The third-order valence-corrected chi connectivity index (χ3v) is 3.70.